The lowest BCUT2D eigenvalue weighted by molar-refractivity contribution is 0.111. The van der Waals surface area contributed by atoms with Crippen molar-refractivity contribution in [3.8, 4) is 0 Å². The summed E-state index contributed by atoms with van der Waals surface area (Å²) in [5.74, 6) is 0. The van der Waals surface area contributed by atoms with Crippen LogP contribution in [0.4, 0.5) is 0 Å². The first-order valence-electron chi connectivity index (χ1n) is 6.66. The van der Waals surface area contributed by atoms with Crippen molar-refractivity contribution in [2.75, 3.05) is 13.1 Å². The highest BCUT2D eigenvalue weighted by atomic mass is 16.3. The third-order valence-corrected chi connectivity index (χ3v) is 3.41. The quantitative estimate of drug-likeness (QED) is 0.759. The van der Waals surface area contributed by atoms with Gasteiger partial charge >= 0.3 is 0 Å². The Morgan fingerprint density at radius 1 is 1.33 bits per heavy atom. The van der Waals surface area contributed by atoms with E-state index in [1.54, 1.807) is 0 Å². The van der Waals surface area contributed by atoms with E-state index in [0.29, 0.717) is 6.04 Å². The van der Waals surface area contributed by atoms with E-state index in [1.807, 2.05) is 6.92 Å². The molecule has 90 valence electrons. The molecule has 0 saturated carbocycles. The van der Waals surface area contributed by atoms with E-state index in [4.69, 9.17) is 0 Å². The van der Waals surface area contributed by atoms with Crippen LogP contribution >= 0.6 is 0 Å². The van der Waals surface area contributed by atoms with Crippen molar-refractivity contribution in [1.82, 2.24) is 4.90 Å². The third-order valence-electron chi connectivity index (χ3n) is 3.41. The molecule has 0 aromatic heterocycles. The van der Waals surface area contributed by atoms with Crippen LogP contribution in [0.25, 0.3) is 0 Å². The summed E-state index contributed by atoms with van der Waals surface area (Å²) in [6.45, 7) is 6.65. The summed E-state index contributed by atoms with van der Waals surface area (Å²) in [4.78, 5) is 2.61. The third kappa shape index (κ3) is 4.98. The van der Waals surface area contributed by atoms with Crippen molar-refractivity contribution in [3.05, 3.63) is 0 Å². The number of aliphatic hydroxyl groups excluding tert-OH is 1. The van der Waals surface area contributed by atoms with Crippen molar-refractivity contribution in [2.45, 2.75) is 70.9 Å². The molecule has 1 rings (SSSR count). The summed E-state index contributed by atoms with van der Waals surface area (Å²) < 4.78 is 0. The van der Waals surface area contributed by atoms with Gasteiger partial charge in [0, 0.05) is 6.04 Å². The van der Waals surface area contributed by atoms with Gasteiger partial charge < -0.3 is 10.0 Å². The molecule has 0 aromatic rings. The van der Waals surface area contributed by atoms with Gasteiger partial charge in [-0.2, -0.15) is 0 Å². The van der Waals surface area contributed by atoms with E-state index in [2.05, 4.69) is 11.8 Å². The van der Waals surface area contributed by atoms with Gasteiger partial charge in [-0.1, -0.05) is 26.2 Å². The maximum atomic E-state index is 9.51. The molecule has 0 aromatic carbocycles. The summed E-state index contributed by atoms with van der Waals surface area (Å²) in [5.41, 5.74) is 0. The fourth-order valence-electron chi connectivity index (χ4n) is 2.55. The molecule has 15 heavy (non-hydrogen) atoms. The first-order valence-corrected chi connectivity index (χ1v) is 6.66. The molecule has 0 aliphatic carbocycles. The Labute approximate surface area is 94.7 Å². The summed E-state index contributed by atoms with van der Waals surface area (Å²) in [6.07, 6.45) is 8.75. The van der Waals surface area contributed by atoms with Gasteiger partial charge in [0.1, 0.15) is 0 Å². The van der Waals surface area contributed by atoms with Crippen molar-refractivity contribution < 1.29 is 5.11 Å². The van der Waals surface area contributed by atoms with Gasteiger partial charge in [-0.3, -0.25) is 0 Å². The van der Waals surface area contributed by atoms with Crippen LogP contribution in [0.1, 0.15) is 58.8 Å². The highest BCUT2D eigenvalue weighted by Gasteiger charge is 2.21. The minimum atomic E-state index is -0.141. The highest BCUT2D eigenvalue weighted by molar-refractivity contribution is 4.76. The Kier molecular flexibility index (Phi) is 6.26. The fourth-order valence-corrected chi connectivity index (χ4v) is 2.55. The van der Waals surface area contributed by atoms with E-state index >= 15 is 0 Å². The van der Waals surface area contributed by atoms with Crippen molar-refractivity contribution >= 4 is 0 Å². The lowest BCUT2D eigenvalue weighted by Crippen LogP contribution is -2.37. The Hall–Kier alpha value is -0.0800. The van der Waals surface area contributed by atoms with Gasteiger partial charge in [0.2, 0.25) is 0 Å². The zero-order chi connectivity index (χ0) is 11.1. The van der Waals surface area contributed by atoms with Crippen LogP contribution in [0.2, 0.25) is 0 Å². The van der Waals surface area contributed by atoms with E-state index < -0.39 is 0 Å². The van der Waals surface area contributed by atoms with E-state index in [1.165, 1.54) is 51.6 Å². The standard InChI is InChI=1S/C13H27NO/c1-3-4-9-14-10-7-5-6-8-13(14)11-12(2)15/h12-13,15H,3-11H2,1-2H3. The minimum absolute atomic E-state index is 0.141. The Morgan fingerprint density at radius 2 is 2.13 bits per heavy atom. The van der Waals surface area contributed by atoms with E-state index in [0.717, 1.165) is 6.42 Å². The lowest BCUT2D eigenvalue weighted by Gasteiger charge is -2.30. The number of hydrogen-bond donors (Lipinski definition) is 1. The number of hydrogen-bond acceptors (Lipinski definition) is 2. The van der Waals surface area contributed by atoms with E-state index in [9.17, 15) is 5.11 Å². The molecule has 2 unspecified atom stereocenters. The monoisotopic (exact) mass is 213 g/mol. The van der Waals surface area contributed by atoms with E-state index in [-0.39, 0.29) is 6.10 Å². The average molecular weight is 213 g/mol. The average Bonchev–Trinajstić information content (AvgIpc) is 2.40. The minimum Gasteiger partial charge on any atom is -0.393 e. The maximum Gasteiger partial charge on any atom is 0.0527 e. The molecule has 0 bridgehead atoms. The van der Waals surface area contributed by atoms with Gasteiger partial charge in [-0.05, 0) is 45.7 Å². The molecular formula is C13H27NO. The van der Waals surface area contributed by atoms with Crippen molar-refractivity contribution in [3.63, 3.8) is 0 Å². The number of aliphatic hydroxyl groups is 1. The molecule has 1 N–H and O–H groups in total. The van der Waals surface area contributed by atoms with Crippen LogP contribution in [-0.4, -0.2) is 35.2 Å². The first kappa shape index (κ1) is 13.0. The van der Waals surface area contributed by atoms with Gasteiger partial charge in [-0.15, -0.1) is 0 Å². The topological polar surface area (TPSA) is 23.5 Å². The molecular weight excluding hydrogens is 186 g/mol. The number of unbranched alkanes of at least 4 members (excludes halogenated alkanes) is 1. The molecule has 1 saturated heterocycles. The molecule has 1 heterocycles. The molecule has 0 radical (unpaired) electrons. The predicted molar refractivity (Wildman–Crippen MR) is 65.0 cm³/mol. The van der Waals surface area contributed by atoms with Gasteiger partial charge in [0.15, 0.2) is 0 Å². The highest BCUT2D eigenvalue weighted by Crippen LogP contribution is 2.20. The molecule has 1 aliphatic heterocycles. The fraction of sp³-hybridized carbons (Fsp3) is 1.00. The Bertz CT molecular complexity index is 159. The molecule has 0 spiro atoms. The largest absolute Gasteiger partial charge is 0.393 e. The van der Waals surface area contributed by atoms with Gasteiger partial charge in [0.05, 0.1) is 6.10 Å². The molecule has 0 amide bonds. The summed E-state index contributed by atoms with van der Waals surface area (Å²) in [5, 5.41) is 9.51. The Morgan fingerprint density at radius 3 is 2.80 bits per heavy atom. The summed E-state index contributed by atoms with van der Waals surface area (Å²) >= 11 is 0. The summed E-state index contributed by atoms with van der Waals surface area (Å²) in [6, 6.07) is 0.638. The maximum absolute atomic E-state index is 9.51. The lowest BCUT2D eigenvalue weighted by atomic mass is 10.0. The van der Waals surface area contributed by atoms with Crippen LogP contribution in [0, 0.1) is 0 Å². The van der Waals surface area contributed by atoms with Gasteiger partial charge in [-0.25, -0.2) is 0 Å². The van der Waals surface area contributed by atoms with Crippen LogP contribution in [0.15, 0.2) is 0 Å². The van der Waals surface area contributed by atoms with Crippen LogP contribution in [-0.2, 0) is 0 Å². The van der Waals surface area contributed by atoms with Crippen molar-refractivity contribution in [2.24, 2.45) is 0 Å². The smallest absolute Gasteiger partial charge is 0.0527 e. The van der Waals surface area contributed by atoms with Gasteiger partial charge in [0.25, 0.3) is 0 Å². The molecule has 1 fully saturated rings. The second-order valence-corrected chi connectivity index (χ2v) is 4.98. The van der Waals surface area contributed by atoms with Crippen molar-refractivity contribution in [1.29, 1.82) is 0 Å². The zero-order valence-corrected chi connectivity index (χ0v) is 10.4. The first-order chi connectivity index (χ1) is 7.24. The number of rotatable bonds is 5. The van der Waals surface area contributed by atoms with Crippen LogP contribution < -0.4 is 0 Å². The number of nitrogens with zero attached hydrogens (tertiary/aromatic N) is 1. The molecule has 2 heteroatoms. The number of likely N-dealkylation sites (tertiary alicyclic amines) is 1. The molecule has 1 aliphatic rings. The van der Waals surface area contributed by atoms with Crippen LogP contribution in [0.3, 0.4) is 0 Å². The molecule has 2 atom stereocenters. The zero-order valence-electron chi connectivity index (χ0n) is 10.4. The summed E-state index contributed by atoms with van der Waals surface area (Å²) in [7, 11) is 0. The second kappa shape index (κ2) is 7.24. The molecule has 2 nitrogen and oxygen atoms in total. The normalized spacial score (nSPS) is 26.2. The second-order valence-electron chi connectivity index (χ2n) is 4.98. The van der Waals surface area contributed by atoms with Crippen LogP contribution in [0.5, 0.6) is 0 Å². The predicted octanol–water partition coefficient (Wildman–Crippen LogP) is 2.80. The Balaban J connectivity index is 2.43. The SMILES string of the molecule is CCCCN1CCCCCC1CC(C)O.